The zero-order valence-electron chi connectivity index (χ0n) is 12.8. The quantitative estimate of drug-likeness (QED) is 0.657. The molecule has 0 saturated carbocycles. The topological polar surface area (TPSA) is 70.1 Å². The van der Waals surface area contributed by atoms with E-state index in [-0.39, 0.29) is 18.1 Å². The van der Waals surface area contributed by atoms with E-state index < -0.39 is 18.0 Å². The number of nitrogens with zero attached hydrogens (tertiary/aromatic N) is 6. The van der Waals surface area contributed by atoms with Crippen molar-refractivity contribution in [3.05, 3.63) is 52.8 Å². The molecule has 3 aromatic heterocycles. The second-order valence-corrected chi connectivity index (χ2v) is 6.12. The number of alkyl halides is 1. The normalized spacial score (nSPS) is 20.2. The summed E-state index contributed by atoms with van der Waals surface area (Å²) < 4.78 is 29.2. The second-order valence-electron chi connectivity index (χ2n) is 5.76. The minimum absolute atomic E-state index is 0.0940. The predicted octanol–water partition coefficient (Wildman–Crippen LogP) is 3.08. The van der Waals surface area contributed by atoms with Crippen molar-refractivity contribution in [3.8, 4) is 6.07 Å². The molecule has 25 heavy (non-hydrogen) atoms. The number of hydrogen-bond donors (Lipinski definition) is 0. The maximum Gasteiger partial charge on any atom is 0.175 e. The summed E-state index contributed by atoms with van der Waals surface area (Å²) in [6, 6.07) is 4.47. The van der Waals surface area contributed by atoms with Gasteiger partial charge in [-0.15, -0.1) is 0 Å². The SMILES string of the molecule is N#Cc1cnn2ccc(N3C[C@@H](F)C[C@@H]3c3cc(F)cnc3Cl)nc12. The summed E-state index contributed by atoms with van der Waals surface area (Å²) in [4.78, 5) is 9.95. The van der Waals surface area contributed by atoms with Crippen molar-refractivity contribution < 1.29 is 8.78 Å². The fourth-order valence-electron chi connectivity index (χ4n) is 3.10. The van der Waals surface area contributed by atoms with Crippen LogP contribution >= 0.6 is 11.6 Å². The fourth-order valence-corrected chi connectivity index (χ4v) is 3.33. The molecule has 0 aliphatic carbocycles. The van der Waals surface area contributed by atoms with Crippen LogP contribution in [0.25, 0.3) is 5.65 Å². The van der Waals surface area contributed by atoms with Crippen LogP contribution in [0.5, 0.6) is 0 Å². The Balaban J connectivity index is 1.80. The predicted molar refractivity (Wildman–Crippen MR) is 86.5 cm³/mol. The van der Waals surface area contributed by atoms with Crippen LogP contribution in [0, 0.1) is 17.1 Å². The summed E-state index contributed by atoms with van der Waals surface area (Å²) >= 11 is 6.10. The van der Waals surface area contributed by atoms with E-state index in [1.807, 2.05) is 6.07 Å². The third-order valence-electron chi connectivity index (χ3n) is 4.21. The smallest absolute Gasteiger partial charge is 0.175 e. The van der Waals surface area contributed by atoms with Gasteiger partial charge in [0.15, 0.2) is 5.65 Å². The molecule has 6 nitrogen and oxygen atoms in total. The molecule has 1 aliphatic heterocycles. The van der Waals surface area contributed by atoms with Gasteiger partial charge in [-0.2, -0.15) is 10.4 Å². The van der Waals surface area contributed by atoms with Crippen molar-refractivity contribution in [1.82, 2.24) is 19.6 Å². The fraction of sp³-hybridized carbons (Fsp3) is 0.250. The van der Waals surface area contributed by atoms with Crippen molar-refractivity contribution in [2.24, 2.45) is 0 Å². The molecule has 0 bridgehead atoms. The maximum atomic E-state index is 14.1. The molecule has 4 heterocycles. The van der Waals surface area contributed by atoms with E-state index in [1.54, 1.807) is 17.2 Å². The number of pyridine rings is 1. The van der Waals surface area contributed by atoms with E-state index in [1.165, 1.54) is 16.8 Å². The van der Waals surface area contributed by atoms with Gasteiger partial charge in [0.1, 0.15) is 34.6 Å². The van der Waals surface area contributed by atoms with Gasteiger partial charge in [0.05, 0.1) is 25.0 Å². The van der Waals surface area contributed by atoms with Gasteiger partial charge in [-0.25, -0.2) is 23.3 Å². The van der Waals surface area contributed by atoms with Crippen LogP contribution in [0.2, 0.25) is 5.15 Å². The largest absolute Gasteiger partial charge is 0.346 e. The maximum absolute atomic E-state index is 14.1. The van der Waals surface area contributed by atoms with Crippen LogP contribution in [0.1, 0.15) is 23.6 Å². The van der Waals surface area contributed by atoms with Crippen LogP contribution in [0.3, 0.4) is 0 Å². The third kappa shape index (κ3) is 2.66. The zero-order chi connectivity index (χ0) is 17.6. The van der Waals surface area contributed by atoms with Crippen LogP contribution in [-0.2, 0) is 0 Å². The number of fused-ring (bicyclic) bond motifs is 1. The Morgan fingerprint density at radius 1 is 1.36 bits per heavy atom. The van der Waals surface area contributed by atoms with Gasteiger partial charge in [-0.1, -0.05) is 11.6 Å². The number of anilines is 1. The molecule has 3 aromatic rings. The van der Waals surface area contributed by atoms with Crippen molar-refractivity contribution in [2.75, 3.05) is 11.4 Å². The average Bonchev–Trinajstić information content (AvgIpc) is 3.19. The van der Waals surface area contributed by atoms with Crippen LogP contribution in [-0.4, -0.2) is 32.3 Å². The standard InChI is InChI=1S/C16H11ClF2N6/c17-15-12(3-10(18)7-21-15)13-4-11(19)8-24(13)14-1-2-25-16(23-14)9(5-20)6-22-25/h1-3,6-7,11,13H,4,8H2/t11-,13+/m0/s1. The van der Waals surface area contributed by atoms with E-state index >= 15 is 0 Å². The lowest BCUT2D eigenvalue weighted by molar-refractivity contribution is 0.356. The molecule has 0 amide bonds. The van der Waals surface area contributed by atoms with E-state index in [9.17, 15) is 8.78 Å². The summed E-state index contributed by atoms with van der Waals surface area (Å²) in [6.45, 7) is 0.0940. The van der Waals surface area contributed by atoms with Crippen LogP contribution in [0.15, 0.2) is 30.7 Å². The molecule has 1 saturated heterocycles. The van der Waals surface area contributed by atoms with Gasteiger partial charge >= 0.3 is 0 Å². The van der Waals surface area contributed by atoms with Crippen molar-refractivity contribution in [3.63, 3.8) is 0 Å². The lowest BCUT2D eigenvalue weighted by Gasteiger charge is -2.26. The van der Waals surface area contributed by atoms with E-state index in [2.05, 4.69) is 15.1 Å². The Labute approximate surface area is 146 Å². The number of hydrogen-bond acceptors (Lipinski definition) is 5. The van der Waals surface area contributed by atoms with Gasteiger partial charge in [0.25, 0.3) is 0 Å². The molecule has 4 rings (SSSR count). The van der Waals surface area contributed by atoms with Crippen molar-refractivity contribution in [2.45, 2.75) is 18.6 Å². The van der Waals surface area contributed by atoms with E-state index in [0.717, 1.165) is 6.20 Å². The highest BCUT2D eigenvalue weighted by molar-refractivity contribution is 6.30. The first kappa shape index (κ1) is 15.7. The molecular formula is C16H11ClF2N6. The zero-order valence-corrected chi connectivity index (χ0v) is 13.5. The molecule has 0 radical (unpaired) electrons. The number of aromatic nitrogens is 4. The molecule has 126 valence electrons. The molecular weight excluding hydrogens is 350 g/mol. The molecule has 9 heteroatoms. The number of halogens is 3. The summed E-state index contributed by atoms with van der Waals surface area (Å²) in [6.07, 6.45) is 3.13. The Morgan fingerprint density at radius 2 is 2.20 bits per heavy atom. The lowest BCUT2D eigenvalue weighted by Crippen LogP contribution is -2.25. The first-order chi connectivity index (χ1) is 12.1. The monoisotopic (exact) mass is 360 g/mol. The minimum atomic E-state index is -1.11. The summed E-state index contributed by atoms with van der Waals surface area (Å²) in [5, 5.41) is 13.3. The first-order valence-corrected chi connectivity index (χ1v) is 7.90. The van der Waals surface area contributed by atoms with Crippen molar-refractivity contribution in [1.29, 1.82) is 5.26 Å². The van der Waals surface area contributed by atoms with E-state index in [4.69, 9.17) is 16.9 Å². The van der Waals surface area contributed by atoms with Gasteiger partial charge in [0.2, 0.25) is 0 Å². The van der Waals surface area contributed by atoms with Gasteiger partial charge in [-0.05, 0) is 12.1 Å². The van der Waals surface area contributed by atoms with Gasteiger partial charge in [-0.3, -0.25) is 0 Å². The van der Waals surface area contributed by atoms with E-state index in [0.29, 0.717) is 22.6 Å². The molecule has 0 spiro atoms. The Kier molecular flexibility index (Phi) is 3.73. The highest BCUT2D eigenvalue weighted by Crippen LogP contribution is 2.39. The summed E-state index contributed by atoms with van der Waals surface area (Å²) in [5.74, 6) is -0.0670. The third-order valence-corrected chi connectivity index (χ3v) is 4.53. The average molecular weight is 361 g/mol. The molecule has 0 N–H and O–H groups in total. The Bertz CT molecular complexity index is 998. The summed E-state index contributed by atoms with van der Waals surface area (Å²) in [7, 11) is 0. The highest BCUT2D eigenvalue weighted by atomic mass is 35.5. The number of nitriles is 1. The van der Waals surface area contributed by atoms with Crippen LogP contribution < -0.4 is 4.90 Å². The van der Waals surface area contributed by atoms with Crippen LogP contribution in [0.4, 0.5) is 14.6 Å². The molecule has 1 fully saturated rings. The van der Waals surface area contributed by atoms with Gasteiger partial charge < -0.3 is 4.90 Å². The number of rotatable bonds is 2. The Morgan fingerprint density at radius 3 is 3.00 bits per heavy atom. The Hall–Kier alpha value is -2.79. The molecule has 0 unspecified atom stereocenters. The first-order valence-electron chi connectivity index (χ1n) is 7.53. The molecule has 0 aromatic carbocycles. The second kappa shape index (κ2) is 5.93. The minimum Gasteiger partial charge on any atom is -0.346 e. The molecule has 1 aliphatic rings. The lowest BCUT2D eigenvalue weighted by atomic mass is 10.1. The van der Waals surface area contributed by atoms with Crippen molar-refractivity contribution >= 4 is 23.1 Å². The highest BCUT2D eigenvalue weighted by Gasteiger charge is 2.36. The molecule has 2 atom stereocenters. The summed E-state index contributed by atoms with van der Waals surface area (Å²) in [5.41, 5.74) is 1.11. The van der Waals surface area contributed by atoms with Gasteiger partial charge in [0, 0.05) is 18.2 Å².